The van der Waals surface area contributed by atoms with Crippen LogP contribution in [0.15, 0.2) is 18.2 Å². The van der Waals surface area contributed by atoms with Gasteiger partial charge in [0, 0.05) is 13.1 Å². The summed E-state index contributed by atoms with van der Waals surface area (Å²) in [4.78, 5) is 1.88. The molecule has 5 heteroatoms. The van der Waals surface area contributed by atoms with E-state index in [1.165, 1.54) is 6.07 Å². The molecule has 0 saturated carbocycles. The molecule has 0 aromatic heterocycles. The van der Waals surface area contributed by atoms with Gasteiger partial charge in [-0.25, -0.2) is 4.39 Å². The Morgan fingerprint density at radius 2 is 2.20 bits per heavy atom. The molecule has 20 heavy (non-hydrogen) atoms. The van der Waals surface area contributed by atoms with Crippen LogP contribution in [0.25, 0.3) is 0 Å². The second kappa shape index (κ2) is 5.68. The van der Waals surface area contributed by atoms with Gasteiger partial charge in [0.1, 0.15) is 5.82 Å². The van der Waals surface area contributed by atoms with E-state index in [4.69, 9.17) is 4.74 Å². The van der Waals surface area contributed by atoms with E-state index in [-0.39, 0.29) is 18.5 Å². The minimum atomic E-state index is -0.690. The van der Waals surface area contributed by atoms with Crippen molar-refractivity contribution >= 4 is 5.69 Å². The molecule has 1 aliphatic rings. The summed E-state index contributed by atoms with van der Waals surface area (Å²) in [6.07, 6.45) is -1.01. The van der Waals surface area contributed by atoms with Crippen molar-refractivity contribution in [2.24, 2.45) is 0 Å². The number of halogens is 1. The van der Waals surface area contributed by atoms with Gasteiger partial charge >= 0.3 is 0 Å². The summed E-state index contributed by atoms with van der Waals surface area (Å²) in [6, 6.07) is 4.75. The Kier molecular flexibility index (Phi) is 4.32. The maximum absolute atomic E-state index is 14.2. The van der Waals surface area contributed by atoms with Crippen LogP contribution in [0.4, 0.5) is 10.1 Å². The van der Waals surface area contributed by atoms with Gasteiger partial charge in [-0.1, -0.05) is 6.07 Å². The third kappa shape index (κ3) is 3.29. The molecule has 0 radical (unpaired) electrons. The van der Waals surface area contributed by atoms with Crippen molar-refractivity contribution in [2.75, 3.05) is 24.6 Å². The smallest absolute Gasteiger partial charge is 0.146 e. The van der Waals surface area contributed by atoms with Crippen molar-refractivity contribution in [3.8, 4) is 0 Å². The predicted molar refractivity (Wildman–Crippen MR) is 75.3 cm³/mol. The zero-order valence-electron chi connectivity index (χ0n) is 12.1. The number of ether oxygens (including phenoxy) is 1. The summed E-state index contributed by atoms with van der Waals surface area (Å²) in [5.41, 5.74) is 0.586. The predicted octanol–water partition coefficient (Wildman–Crippen LogP) is 1.86. The lowest BCUT2D eigenvalue weighted by molar-refractivity contribution is -0.101. The van der Waals surface area contributed by atoms with E-state index < -0.39 is 11.7 Å². The van der Waals surface area contributed by atoms with E-state index in [1.54, 1.807) is 19.1 Å². The molecule has 0 bridgehead atoms. The standard InChI is InChI=1S/C15H22FNO3/c1-10(19)11-4-5-14(13(16)6-11)17-7-12(8-18)20-15(2,3)9-17/h4-6,10,12,18-19H,7-9H2,1-3H3/t10-,12?/m0/s1. The molecule has 1 heterocycles. The van der Waals surface area contributed by atoms with Gasteiger partial charge in [-0.2, -0.15) is 0 Å². The summed E-state index contributed by atoms with van der Waals surface area (Å²) in [5, 5.41) is 18.8. The largest absolute Gasteiger partial charge is 0.394 e. The van der Waals surface area contributed by atoms with Crippen LogP contribution in [0, 0.1) is 5.82 Å². The number of aliphatic hydroxyl groups is 2. The SMILES string of the molecule is C[C@H](O)c1ccc(N2CC(CO)OC(C)(C)C2)c(F)c1. The van der Waals surface area contributed by atoms with Gasteiger partial charge in [0.15, 0.2) is 0 Å². The zero-order valence-corrected chi connectivity index (χ0v) is 12.1. The van der Waals surface area contributed by atoms with Crippen LogP contribution in [0.1, 0.15) is 32.4 Å². The number of morpholine rings is 1. The molecule has 0 spiro atoms. The molecule has 2 atom stereocenters. The highest BCUT2D eigenvalue weighted by Gasteiger charge is 2.34. The van der Waals surface area contributed by atoms with Crippen molar-refractivity contribution in [3.05, 3.63) is 29.6 Å². The van der Waals surface area contributed by atoms with E-state index in [1.807, 2.05) is 18.7 Å². The first-order valence-electron chi connectivity index (χ1n) is 6.83. The summed E-state index contributed by atoms with van der Waals surface area (Å²) < 4.78 is 19.9. The molecule has 1 aromatic rings. The van der Waals surface area contributed by atoms with E-state index in [0.29, 0.717) is 24.3 Å². The van der Waals surface area contributed by atoms with E-state index >= 15 is 0 Å². The lowest BCUT2D eigenvalue weighted by Gasteiger charge is -2.43. The van der Waals surface area contributed by atoms with E-state index in [0.717, 1.165) is 0 Å². The number of nitrogens with zero attached hydrogens (tertiary/aromatic N) is 1. The van der Waals surface area contributed by atoms with Crippen molar-refractivity contribution in [2.45, 2.75) is 38.6 Å². The van der Waals surface area contributed by atoms with Gasteiger partial charge in [0.05, 0.1) is 30.1 Å². The molecule has 1 unspecified atom stereocenters. The fraction of sp³-hybridized carbons (Fsp3) is 0.600. The second-order valence-corrected chi connectivity index (χ2v) is 5.95. The van der Waals surface area contributed by atoms with E-state index in [2.05, 4.69) is 0 Å². The zero-order chi connectivity index (χ0) is 14.9. The highest BCUT2D eigenvalue weighted by molar-refractivity contribution is 5.50. The average Bonchev–Trinajstić information content (AvgIpc) is 2.36. The highest BCUT2D eigenvalue weighted by atomic mass is 19.1. The summed E-state index contributed by atoms with van der Waals surface area (Å²) in [6.45, 7) is 6.36. The lowest BCUT2D eigenvalue weighted by atomic mass is 10.0. The molecule has 4 nitrogen and oxygen atoms in total. The fourth-order valence-corrected chi connectivity index (χ4v) is 2.61. The quantitative estimate of drug-likeness (QED) is 0.889. The van der Waals surface area contributed by atoms with Crippen molar-refractivity contribution in [1.82, 2.24) is 0 Å². The minimum Gasteiger partial charge on any atom is -0.394 e. The molecule has 1 saturated heterocycles. The molecule has 2 rings (SSSR count). The first kappa shape index (κ1) is 15.2. The number of aliphatic hydroxyl groups excluding tert-OH is 2. The first-order chi connectivity index (χ1) is 9.32. The molecule has 112 valence electrons. The number of hydrogen-bond donors (Lipinski definition) is 2. The maximum atomic E-state index is 14.2. The van der Waals surface area contributed by atoms with Crippen LogP contribution >= 0.6 is 0 Å². The van der Waals surface area contributed by atoms with Gasteiger partial charge in [-0.15, -0.1) is 0 Å². The van der Waals surface area contributed by atoms with Gasteiger partial charge < -0.3 is 19.8 Å². The Morgan fingerprint density at radius 1 is 1.50 bits per heavy atom. The minimum absolute atomic E-state index is 0.0900. The van der Waals surface area contributed by atoms with Gasteiger partial charge in [-0.3, -0.25) is 0 Å². The molecule has 2 N–H and O–H groups in total. The molecular weight excluding hydrogens is 261 g/mol. The lowest BCUT2D eigenvalue weighted by Crippen LogP contribution is -2.54. The van der Waals surface area contributed by atoms with Crippen LogP contribution in [0.5, 0.6) is 0 Å². The van der Waals surface area contributed by atoms with Crippen LogP contribution in [0.2, 0.25) is 0 Å². The third-order valence-electron chi connectivity index (χ3n) is 3.48. The Hall–Kier alpha value is -1.17. The summed E-state index contributed by atoms with van der Waals surface area (Å²) in [7, 11) is 0. The summed E-state index contributed by atoms with van der Waals surface area (Å²) >= 11 is 0. The molecule has 0 aliphatic carbocycles. The number of rotatable bonds is 3. The number of anilines is 1. The Morgan fingerprint density at radius 3 is 2.75 bits per heavy atom. The highest BCUT2D eigenvalue weighted by Crippen LogP contribution is 2.29. The van der Waals surface area contributed by atoms with Gasteiger partial charge in [0.2, 0.25) is 0 Å². The summed E-state index contributed by atoms with van der Waals surface area (Å²) in [5.74, 6) is -0.363. The van der Waals surface area contributed by atoms with Gasteiger partial charge in [0.25, 0.3) is 0 Å². The van der Waals surface area contributed by atoms with Crippen LogP contribution in [-0.4, -0.2) is 41.6 Å². The molecule has 1 fully saturated rings. The fourth-order valence-electron chi connectivity index (χ4n) is 2.61. The molecule has 0 amide bonds. The Balaban J connectivity index is 2.26. The first-order valence-corrected chi connectivity index (χ1v) is 6.83. The molecule has 1 aliphatic heterocycles. The van der Waals surface area contributed by atoms with Crippen LogP contribution < -0.4 is 4.90 Å². The van der Waals surface area contributed by atoms with Crippen LogP contribution in [0.3, 0.4) is 0 Å². The van der Waals surface area contributed by atoms with E-state index in [9.17, 15) is 14.6 Å². The van der Waals surface area contributed by atoms with Gasteiger partial charge in [-0.05, 0) is 38.5 Å². The topological polar surface area (TPSA) is 52.9 Å². The average molecular weight is 283 g/mol. The Bertz CT molecular complexity index is 476. The van der Waals surface area contributed by atoms with Crippen molar-refractivity contribution in [1.29, 1.82) is 0 Å². The Labute approximate surface area is 118 Å². The number of benzene rings is 1. The third-order valence-corrected chi connectivity index (χ3v) is 3.48. The number of hydrogen-bond acceptors (Lipinski definition) is 4. The molecule has 1 aromatic carbocycles. The van der Waals surface area contributed by atoms with Crippen molar-refractivity contribution in [3.63, 3.8) is 0 Å². The van der Waals surface area contributed by atoms with Crippen LogP contribution in [-0.2, 0) is 4.74 Å². The second-order valence-electron chi connectivity index (χ2n) is 5.95. The van der Waals surface area contributed by atoms with Crippen molar-refractivity contribution < 1.29 is 19.3 Å². The monoisotopic (exact) mass is 283 g/mol. The molecular formula is C15H22FNO3. The normalized spacial score (nSPS) is 23.7. The maximum Gasteiger partial charge on any atom is 0.146 e.